The number of aliphatic hydroxyl groups excluding tert-OH is 1. The average Bonchev–Trinajstić information content (AvgIpc) is 2.87. The molecule has 1 unspecified atom stereocenters. The minimum atomic E-state index is 0.176. The Morgan fingerprint density at radius 2 is 2.17 bits per heavy atom. The molecule has 1 atom stereocenters. The van der Waals surface area contributed by atoms with Crippen LogP contribution in [0.5, 0.6) is 11.5 Å². The first-order valence-electron chi connectivity index (χ1n) is 6.23. The second-order valence-corrected chi connectivity index (χ2v) is 4.47. The van der Waals surface area contributed by atoms with E-state index in [0.29, 0.717) is 19.8 Å². The van der Waals surface area contributed by atoms with Crippen molar-refractivity contribution in [2.75, 3.05) is 38.1 Å². The quantitative estimate of drug-likeness (QED) is 0.868. The largest absolute Gasteiger partial charge is 0.454 e. The third-order valence-corrected chi connectivity index (χ3v) is 3.38. The summed E-state index contributed by atoms with van der Waals surface area (Å²) in [6.07, 6.45) is 0.717. The molecule has 0 spiro atoms. The number of ether oxygens (including phenoxy) is 3. The lowest BCUT2D eigenvalue weighted by molar-refractivity contribution is 0.0850. The number of rotatable bonds is 3. The van der Waals surface area contributed by atoms with E-state index in [2.05, 4.69) is 4.90 Å². The molecule has 1 aromatic rings. The summed E-state index contributed by atoms with van der Waals surface area (Å²) in [5.41, 5.74) is 1.10. The van der Waals surface area contributed by atoms with Crippen LogP contribution in [-0.2, 0) is 4.74 Å². The lowest BCUT2D eigenvalue weighted by atomic mass is 10.1. The summed E-state index contributed by atoms with van der Waals surface area (Å²) in [7, 11) is 0. The van der Waals surface area contributed by atoms with Gasteiger partial charge in [0.05, 0.1) is 19.3 Å². The molecule has 98 valence electrons. The number of morpholine rings is 1. The van der Waals surface area contributed by atoms with Gasteiger partial charge in [-0.1, -0.05) is 0 Å². The fourth-order valence-corrected chi connectivity index (χ4v) is 2.45. The predicted molar refractivity (Wildman–Crippen MR) is 66.2 cm³/mol. The molecule has 0 radical (unpaired) electrons. The van der Waals surface area contributed by atoms with Crippen molar-refractivity contribution in [2.24, 2.45) is 0 Å². The Hall–Kier alpha value is -1.46. The molecular formula is C13H17NO4. The van der Waals surface area contributed by atoms with Gasteiger partial charge in [0.2, 0.25) is 6.79 Å². The number of benzene rings is 1. The summed E-state index contributed by atoms with van der Waals surface area (Å²) in [5.74, 6) is 1.59. The Kier molecular flexibility index (Phi) is 3.25. The zero-order valence-electron chi connectivity index (χ0n) is 10.2. The topological polar surface area (TPSA) is 51.2 Å². The van der Waals surface area contributed by atoms with Gasteiger partial charge in [-0.3, -0.25) is 0 Å². The van der Waals surface area contributed by atoms with Crippen molar-refractivity contribution in [1.82, 2.24) is 0 Å². The second kappa shape index (κ2) is 5.04. The standard InChI is InChI=1S/C13H17NO4/c15-5-3-11-8-16-6-4-14(11)10-1-2-12-13(7-10)18-9-17-12/h1-2,7,11,15H,3-6,8-9H2. The molecule has 18 heavy (non-hydrogen) atoms. The molecule has 1 N–H and O–H groups in total. The number of aliphatic hydroxyl groups is 1. The number of fused-ring (bicyclic) bond motifs is 1. The SMILES string of the molecule is OCCC1COCCN1c1ccc2c(c1)OCO2. The van der Waals surface area contributed by atoms with E-state index in [1.807, 2.05) is 18.2 Å². The molecule has 2 aliphatic heterocycles. The summed E-state index contributed by atoms with van der Waals surface area (Å²) in [6, 6.07) is 6.19. The van der Waals surface area contributed by atoms with Crippen LogP contribution in [0.2, 0.25) is 0 Å². The van der Waals surface area contributed by atoms with Gasteiger partial charge in [0.1, 0.15) is 0 Å². The van der Waals surface area contributed by atoms with Crippen molar-refractivity contribution in [1.29, 1.82) is 0 Å². The summed E-state index contributed by atoms with van der Waals surface area (Å²) in [4.78, 5) is 2.27. The second-order valence-electron chi connectivity index (χ2n) is 4.47. The zero-order valence-corrected chi connectivity index (χ0v) is 10.2. The van der Waals surface area contributed by atoms with Crippen LogP contribution < -0.4 is 14.4 Å². The maximum absolute atomic E-state index is 9.11. The first kappa shape index (κ1) is 11.6. The van der Waals surface area contributed by atoms with Crippen LogP contribution >= 0.6 is 0 Å². The van der Waals surface area contributed by atoms with Crippen LogP contribution in [0.25, 0.3) is 0 Å². The summed E-state index contributed by atoms with van der Waals surface area (Å²) in [5, 5.41) is 9.11. The molecule has 0 saturated carbocycles. The Balaban J connectivity index is 1.83. The third kappa shape index (κ3) is 2.11. The molecule has 2 aliphatic rings. The normalized spacial score (nSPS) is 22.3. The van der Waals surface area contributed by atoms with Crippen molar-refractivity contribution in [3.63, 3.8) is 0 Å². The van der Waals surface area contributed by atoms with E-state index in [9.17, 15) is 0 Å². The molecule has 1 fully saturated rings. The van der Waals surface area contributed by atoms with Crippen molar-refractivity contribution in [3.8, 4) is 11.5 Å². The lowest BCUT2D eigenvalue weighted by Gasteiger charge is -2.37. The Morgan fingerprint density at radius 1 is 1.28 bits per heavy atom. The van der Waals surface area contributed by atoms with Gasteiger partial charge in [-0.25, -0.2) is 0 Å². The van der Waals surface area contributed by atoms with Gasteiger partial charge in [-0.15, -0.1) is 0 Å². The van der Waals surface area contributed by atoms with Crippen molar-refractivity contribution in [2.45, 2.75) is 12.5 Å². The minimum Gasteiger partial charge on any atom is -0.454 e. The highest BCUT2D eigenvalue weighted by molar-refractivity contribution is 5.57. The maximum atomic E-state index is 9.11. The van der Waals surface area contributed by atoms with Gasteiger partial charge in [0.25, 0.3) is 0 Å². The average molecular weight is 251 g/mol. The first-order chi connectivity index (χ1) is 8.88. The summed E-state index contributed by atoms with van der Waals surface area (Å²) in [6.45, 7) is 2.69. The van der Waals surface area contributed by atoms with E-state index in [-0.39, 0.29) is 12.6 Å². The molecule has 0 aliphatic carbocycles. The Labute approximate surface area is 106 Å². The maximum Gasteiger partial charge on any atom is 0.231 e. The minimum absolute atomic E-state index is 0.176. The zero-order chi connectivity index (χ0) is 12.4. The number of nitrogens with zero attached hydrogens (tertiary/aromatic N) is 1. The van der Waals surface area contributed by atoms with E-state index in [4.69, 9.17) is 19.3 Å². The third-order valence-electron chi connectivity index (χ3n) is 3.38. The highest BCUT2D eigenvalue weighted by Gasteiger charge is 2.24. The van der Waals surface area contributed by atoms with Gasteiger partial charge in [0, 0.05) is 24.9 Å². The molecule has 3 rings (SSSR count). The molecule has 1 aromatic carbocycles. The van der Waals surface area contributed by atoms with Gasteiger partial charge in [-0.2, -0.15) is 0 Å². The molecule has 2 heterocycles. The lowest BCUT2D eigenvalue weighted by Crippen LogP contribution is -2.46. The van der Waals surface area contributed by atoms with Crippen LogP contribution in [0, 0.1) is 0 Å². The smallest absolute Gasteiger partial charge is 0.231 e. The van der Waals surface area contributed by atoms with Gasteiger partial charge in [-0.05, 0) is 18.6 Å². The van der Waals surface area contributed by atoms with E-state index in [0.717, 1.165) is 30.3 Å². The Bertz CT molecular complexity index is 421. The van der Waals surface area contributed by atoms with Crippen molar-refractivity contribution >= 4 is 5.69 Å². The molecule has 0 aromatic heterocycles. The molecule has 5 heteroatoms. The van der Waals surface area contributed by atoms with Gasteiger partial charge >= 0.3 is 0 Å². The molecule has 5 nitrogen and oxygen atoms in total. The van der Waals surface area contributed by atoms with Crippen LogP contribution in [0.4, 0.5) is 5.69 Å². The van der Waals surface area contributed by atoms with Crippen LogP contribution in [0.15, 0.2) is 18.2 Å². The Morgan fingerprint density at radius 3 is 3.06 bits per heavy atom. The fraction of sp³-hybridized carbons (Fsp3) is 0.538. The fourth-order valence-electron chi connectivity index (χ4n) is 2.45. The molecule has 1 saturated heterocycles. The van der Waals surface area contributed by atoms with E-state index in [1.165, 1.54) is 0 Å². The summed E-state index contributed by atoms with van der Waals surface area (Å²) >= 11 is 0. The van der Waals surface area contributed by atoms with E-state index in [1.54, 1.807) is 0 Å². The highest BCUT2D eigenvalue weighted by atomic mass is 16.7. The number of hydrogen-bond acceptors (Lipinski definition) is 5. The van der Waals surface area contributed by atoms with Crippen LogP contribution in [0.1, 0.15) is 6.42 Å². The van der Waals surface area contributed by atoms with Crippen LogP contribution in [-0.4, -0.2) is 44.3 Å². The van der Waals surface area contributed by atoms with Gasteiger partial charge < -0.3 is 24.2 Å². The van der Waals surface area contributed by atoms with Crippen molar-refractivity contribution < 1.29 is 19.3 Å². The van der Waals surface area contributed by atoms with Crippen LogP contribution in [0.3, 0.4) is 0 Å². The first-order valence-corrected chi connectivity index (χ1v) is 6.23. The molecular weight excluding hydrogens is 234 g/mol. The van der Waals surface area contributed by atoms with Crippen molar-refractivity contribution in [3.05, 3.63) is 18.2 Å². The number of anilines is 1. The highest BCUT2D eigenvalue weighted by Crippen LogP contribution is 2.36. The molecule has 0 bridgehead atoms. The van der Waals surface area contributed by atoms with E-state index >= 15 is 0 Å². The monoisotopic (exact) mass is 251 g/mol. The predicted octanol–water partition coefficient (Wildman–Crippen LogP) is 1.00. The summed E-state index contributed by atoms with van der Waals surface area (Å²) < 4.78 is 16.2. The molecule has 0 amide bonds. The van der Waals surface area contributed by atoms with E-state index < -0.39 is 0 Å². The number of hydrogen-bond donors (Lipinski definition) is 1. The van der Waals surface area contributed by atoms with Gasteiger partial charge in [0.15, 0.2) is 11.5 Å².